The third-order valence-corrected chi connectivity index (χ3v) is 4.91. The topological polar surface area (TPSA) is 89.8 Å². The predicted molar refractivity (Wildman–Crippen MR) is 112 cm³/mol. The third kappa shape index (κ3) is 4.78. The summed E-state index contributed by atoms with van der Waals surface area (Å²) in [7, 11) is 3.00. The number of rotatable bonds is 7. The molecule has 0 unspecified atom stereocenters. The van der Waals surface area contributed by atoms with E-state index in [0.29, 0.717) is 38.5 Å². The molecule has 0 fully saturated rings. The van der Waals surface area contributed by atoms with Crippen LogP contribution in [0, 0.1) is 0 Å². The van der Waals surface area contributed by atoms with Crippen molar-refractivity contribution in [2.45, 2.75) is 6.54 Å². The second-order valence-electron chi connectivity index (χ2n) is 5.96. The molecule has 0 aliphatic carbocycles. The lowest BCUT2D eigenvalue weighted by molar-refractivity contribution is 0.0949. The Morgan fingerprint density at radius 2 is 1.69 bits per heavy atom. The number of ether oxygens (including phenoxy) is 2. The van der Waals surface area contributed by atoms with Gasteiger partial charge < -0.3 is 24.5 Å². The number of carbonyl (C=O) groups excluding carboxylic acids is 2. The normalized spacial score (nSPS) is 10.3. The van der Waals surface area contributed by atoms with E-state index in [-0.39, 0.29) is 12.5 Å². The van der Waals surface area contributed by atoms with Crippen LogP contribution < -0.4 is 20.1 Å². The van der Waals surface area contributed by atoms with Crippen LogP contribution in [0.3, 0.4) is 0 Å². The van der Waals surface area contributed by atoms with Crippen LogP contribution in [0.4, 0.5) is 5.69 Å². The molecular weight excluding hydrogens is 440 g/mol. The maximum Gasteiger partial charge on any atom is 0.255 e. The molecule has 0 radical (unpaired) electrons. The molecule has 1 aromatic heterocycles. The Morgan fingerprint density at radius 1 is 1.00 bits per heavy atom. The molecule has 0 spiro atoms. The number of hydrogen-bond donors (Lipinski definition) is 2. The highest BCUT2D eigenvalue weighted by molar-refractivity contribution is 9.10. The fourth-order valence-electron chi connectivity index (χ4n) is 2.66. The number of benzene rings is 2. The number of furan rings is 1. The van der Waals surface area contributed by atoms with E-state index >= 15 is 0 Å². The first-order valence-corrected chi connectivity index (χ1v) is 9.45. The molecular formula is C21H19BrN2O5. The standard InChI is InChI=1S/C21H19BrN2O5/c1-27-17-10-13(11-18(28-2)19(17)22)20(25)24-16-8-4-3-7-15(16)21(26)23-12-14-6-5-9-29-14/h3-11H,12H2,1-2H3,(H,23,26)(H,24,25). The summed E-state index contributed by atoms with van der Waals surface area (Å²) in [6, 6.07) is 13.4. The minimum absolute atomic E-state index is 0.245. The second-order valence-corrected chi connectivity index (χ2v) is 6.75. The van der Waals surface area contributed by atoms with E-state index in [1.807, 2.05) is 0 Å². The zero-order valence-corrected chi connectivity index (χ0v) is 17.4. The van der Waals surface area contributed by atoms with Crippen molar-refractivity contribution in [1.82, 2.24) is 5.32 Å². The van der Waals surface area contributed by atoms with Gasteiger partial charge >= 0.3 is 0 Å². The molecule has 3 rings (SSSR count). The van der Waals surface area contributed by atoms with E-state index in [2.05, 4.69) is 26.6 Å². The Labute approximate surface area is 176 Å². The van der Waals surface area contributed by atoms with E-state index in [1.54, 1.807) is 48.5 Å². The lowest BCUT2D eigenvalue weighted by atomic mass is 10.1. The van der Waals surface area contributed by atoms with Gasteiger partial charge in [0, 0.05) is 5.56 Å². The molecule has 3 aromatic rings. The number of amides is 2. The van der Waals surface area contributed by atoms with Crippen LogP contribution >= 0.6 is 15.9 Å². The minimum atomic E-state index is -0.402. The SMILES string of the molecule is COc1cc(C(=O)Nc2ccccc2C(=O)NCc2ccco2)cc(OC)c1Br. The summed E-state index contributed by atoms with van der Waals surface area (Å²) in [5.41, 5.74) is 1.05. The van der Waals surface area contributed by atoms with Crippen molar-refractivity contribution < 1.29 is 23.5 Å². The Morgan fingerprint density at radius 3 is 2.31 bits per heavy atom. The Hall–Kier alpha value is -3.26. The predicted octanol–water partition coefficient (Wildman–Crippen LogP) is 4.24. The highest BCUT2D eigenvalue weighted by Crippen LogP contribution is 2.35. The number of halogens is 1. The minimum Gasteiger partial charge on any atom is -0.495 e. The maximum atomic E-state index is 12.8. The summed E-state index contributed by atoms with van der Waals surface area (Å²) in [6.07, 6.45) is 1.54. The molecule has 2 N–H and O–H groups in total. The fourth-order valence-corrected chi connectivity index (χ4v) is 3.21. The summed E-state index contributed by atoms with van der Waals surface area (Å²) >= 11 is 3.37. The first kappa shape index (κ1) is 20.5. The van der Waals surface area contributed by atoms with Crippen molar-refractivity contribution in [2.24, 2.45) is 0 Å². The Kier molecular flexibility index (Phi) is 6.56. The summed E-state index contributed by atoms with van der Waals surface area (Å²) < 4.78 is 16.4. The number of methoxy groups -OCH3 is 2. The number of carbonyl (C=O) groups is 2. The molecule has 29 heavy (non-hydrogen) atoms. The van der Waals surface area contributed by atoms with Crippen molar-refractivity contribution in [3.05, 3.63) is 76.2 Å². The van der Waals surface area contributed by atoms with Gasteiger partial charge in [0.2, 0.25) is 0 Å². The van der Waals surface area contributed by atoms with Crippen LogP contribution in [0.1, 0.15) is 26.5 Å². The Bertz CT molecular complexity index is 993. The summed E-state index contributed by atoms with van der Waals surface area (Å²) in [6.45, 7) is 0.245. The molecule has 0 saturated carbocycles. The van der Waals surface area contributed by atoms with Gasteiger partial charge in [-0.2, -0.15) is 0 Å². The van der Waals surface area contributed by atoms with Crippen LogP contribution in [0.5, 0.6) is 11.5 Å². The number of nitrogens with one attached hydrogen (secondary N) is 2. The molecule has 1 heterocycles. The fraction of sp³-hybridized carbons (Fsp3) is 0.143. The lowest BCUT2D eigenvalue weighted by Crippen LogP contribution is -2.24. The van der Waals surface area contributed by atoms with Gasteiger partial charge in [-0.15, -0.1) is 0 Å². The Balaban J connectivity index is 1.80. The van der Waals surface area contributed by atoms with E-state index in [4.69, 9.17) is 13.9 Å². The van der Waals surface area contributed by atoms with Gasteiger partial charge in [0.15, 0.2) is 0 Å². The molecule has 2 aromatic carbocycles. The van der Waals surface area contributed by atoms with Crippen LogP contribution in [-0.4, -0.2) is 26.0 Å². The first-order chi connectivity index (χ1) is 14.0. The first-order valence-electron chi connectivity index (χ1n) is 8.66. The van der Waals surface area contributed by atoms with Gasteiger partial charge in [-0.3, -0.25) is 9.59 Å². The summed E-state index contributed by atoms with van der Waals surface area (Å²) in [4.78, 5) is 25.4. The van der Waals surface area contributed by atoms with Crippen LogP contribution in [-0.2, 0) is 6.54 Å². The molecule has 0 atom stereocenters. The summed E-state index contributed by atoms with van der Waals surface area (Å²) in [5.74, 6) is 0.815. The van der Waals surface area contributed by atoms with E-state index in [1.165, 1.54) is 20.5 Å². The van der Waals surface area contributed by atoms with Crippen molar-refractivity contribution in [3.63, 3.8) is 0 Å². The van der Waals surface area contributed by atoms with Gasteiger partial charge in [-0.25, -0.2) is 0 Å². The van der Waals surface area contributed by atoms with Crippen LogP contribution in [0.25, 0.3) is 0 Å². The van der Waals surface area contributed by atoms with Gasteiger partial charge in [-0.05, 0) is 52.3 Å². The van der Waals surface area contributed by atoms with Crippen LogP contribution in [0.15, 0.2) is 63.7 Å². The lowest BCUT2D eigenvalue weighted by Gasteiger charge is -2.13. The smallest absolute Gasteiger partial charge is 0.255 e. The zero-order valence-electron chi connectivity index (χ0n) is 15.8. The van der Waals surface area contributed by atoms with Gasteiger partial charge in [-0.1, -0.05) is 12.1 Å². The largest absolute Gasteiger partial charge is 0.495 e. The second kappa shape index (κ2) is 9.29. The number of anilines is 1. The van der Waals surface area contributed by atoms with E-state index < -0.39 is 5.91 Å². The van der Waals surface area contributed by atoms with Crippen molar-refractivity contribution in [1.29, 1.82) is 0 Å². The van der Waals surface area contributed by atoms with E-state index in [0.717, 1.165) is 0 Å². The zero-order chi connectivity index (χ0) is 20.8. The highest BCUT2D eigenvalue weighted by atomic mass is 79.9. The maximum absolute atomic E-state index is 12.8. The average molecular weight is 459 g/mol. The van der Waals surface area contributed by atoms with Gasteiger partial charge in [0.1, 0.15) is 21.7 Å². The molecule has 2 amide bonds. The number of para-hydroxylation sites is 1. The number of hydrogen-bond acceptors (Lipinski definition) is 5. The van der Waals surface area contributed by atoms with Crippen molar-refractivity contribution >= 4 is 33.4 Å². The molecule has 7 nitrogen and oxygen atoms in total. The van der Waals surface area contributed by atoms with Crippen molar-refractivity contribution in [2.75, 3.05) is 19.5 Å². The molecule has 150 valence electrons. The highest BCUT2D eigenvalue weighted by Gasteiger charge is 2.17. The van der Waals surface area contributed by atoms with E-state index in [9.17, 15) is 9.59 Å². The molecule has 0 saturated heterocycles. The molecule has 0 aliphatic heterocycles. The molecule has 8 heteroatoms. The third-order valence-electron chi connectivity index (χ3n) is 4.13. The summed E-state index contributed by atoms with van der Waals surface area (Å²) in [5, 5.41) is 5.54. The van der Waals surface area contributed by atoms with Crippen LogP contribution in [0.2, 0.25) is 0 Å². The molecule has 0 aliphatic rings. The van der Waals surface area contributed by atoms with Gasteiger partial charge in [0.05, 0.1) is 38.3 Å². The quantitative estimate of drug-likeness (QED) is 0.552. The van der Waals surface area contributed by atoms with Crippen molar-refractivity contribution in [3.8, 4) is 11.5 Å². The molecule has 0 bridgehead atoms. The van der Waals surface area contributed by atoms with Gasteiger partial charge in [0.25, 0.3) is 11.8 Å². The monoisotopic (exact) mass is 458 g/mol. The average Bonchev–Trinajstić information content (AvgIpc) is 3.26.